The molecule has 9 aromatic rings. The fourth-order valence-corrected chi connectivity index (χ4v) is 8.56. The van der Waals surface area contributed by atoms with Gasteiger partial charge in [-0.05, 0) is 78.2 Å². The second kappa shape index (κ2) is 12.3. The molecule has 1 aliphatic rings. The zero-order valence-corrected chi connectivity index (χ0v) is 29.7. The van der Waals surface area contributed by atoms with Crippen molar-refractivity contribution in [3.63, 3.8) is 0 Å². The molecule has 8 aromatic carbocycles. The standard InChI is InChI=1S/C51H36N2/c1-51(2)46-31-36(26-27-42(46)45-28-25-34-17-9-10-21-39(34)49(45)51)38-29-30-44(41-23-13-12-22-40(38)41)48-32-47(52-50(53-48)35-18-7-4-8-19-35)43-24-14-11-20-37(43)33-15-5-3-6-16-33/h3-32H,1-2H3. The van der Waals surface area contributed by atoms with E-state index in [1.807, 2.05) is 18.2 Å². The normalized spacial score (nSPS) is 12.9. The molecule has 0 spiro atoms. The SMILES string of the molecule is CC1(C)c2cc(-c3ccc(-c4cc(-c5ccccc5-c5ccccc5)nc(-c5ccccc5)n4)c4ccccc34)ccc2-c2ccc3ccccc3c21. The molecule has 0 amide bonds. The van der Waals surface area contributed by atoms with Crippen LogP contribution in [-0.4, -0.2) is 9.97 Å². The molecule has 0 aliphatic heterocycles. The molecule has 1 heterocycles. The highest BCUT2D eigenvalue weighted by molar-refractivity contribution is 6.06. The average molecular weight is 677 g/mol. The van der Waals surface area contributed by atoms with Crippen LogP contribution in [0.3, 0.4) is 0 Å². The highest BCUT2D eigenvalue weighted by Crippen LogP contribution is 2.52. The summed E-state index contributed by atoms with van der Waals surface area (Å²) in [5.41, 5.74) is 15.0. The Hall–Kier alpha value is -6.64. The molecule has 0 atom stereocenters. The molecule has 0 bridgehead atoms. The van der Waals surface area contributed by atoms with Gasteiger partial charge in [-0.25, -0.2) is 9.97 Å². The number of benzene rings is 8. The maximum absolute atomic E-state index is 5.26. The van der Waals surface area contributed by atoms with Crippen LogP contribution < -0.4 is 0 Å². The summed E-state index contributed by atoms with van der Waals surface area (Å²) < 4.78 is 0. The Bertz CT molecular complexity index is 2850. The van der Waals surface area contributed by atoms with Crippen molar-refractivity contribution in [2.75, 3.05) is 0 Å². The second-order valence-corrected chi connectivity index (χ2v) is 14.5. The van der Waals surface area contributed by atoms with Crippen LogP contribution in [0.25, 0.3) is 88.8 Å². The second-order valence-electron chi connectivity index (χ2n) is 14.5. The summed E-state index contributed by atoms with van der Waals surface area (Å²) in [5.74, 6) is 0.710. The van der Waals surface area contributed by atoms with Crippen molar-refractivity contribution < 1.29 is 0 Å². The van der Waals surface area contributed by atoms with Crippen molar-refractivity contribution in [2.45, 2.75) is 19.3 Å². The predicted octanol–water partition coefficient (Wildman–Crippen LogP) is 13.4. The molecule has 53 heavy (non-hydrogen) atoms. The maximum atomic E-state index is 5.26. The van der Waals surface area contributed by atoms with Crippen LogP contribution in [-0.2, 0) is 5.41 Å². The van der Waals surface area contributed by atoms with Crippen LogP contribution >= 0.6 is 0 Å². The molecule has 0 saturated heterocycles. The Balaban J connectivity index is 1.14. The predicted molar refractivity (Wildman–Crippen MR) is 222 cm³/mol. The van der Waals surface area contributed by atoms with Gasteiger partial charge < -0.3 is 0 Å². The van der Waals surface area contributed by atoms with E-state index in [0.717, 1.165) is 39.2 Å². The fraction of sp³-hybridized carbons (Fsp3) is 0.0588. The summed E-state index contributed by atoms with van der Waals surface area (Å²) in [7, 11) is 0. The van der Waals surface area contributed by atoms with Gasteiger partial charge in [0.05, 0.1) is 11.4 Å². The smallest absolute Gasteiger partial charge is 0.160 e. The van der Waals surface area contributed by atoms with Crippen molar-refractivity contribution in [3.05, 3.63) is 193 Å². The van der Waals surface area contributed by atoms with Gasteiger partial charge in [0.15, 0.2) is 5.82 Å². The molecule has 0 radical (unpaired) electrons. The first kappa shape index (κ1) is 31.1. The Kier molecular flexibility index (Phi) is 7.19. The highest BCUT2D eigenvalue weighted by atomic mass is 14.9. The first-order chi connectivity index (χ1) is 26.0. The summed E-state index contributed by atoms with van der Waals surface area (Å²) in [6.07, 6.45) is 0. The van der Waals surface area contributed by atoms with Crippen molar-refractivity contribution >= 4 is 21.5 Å². The number of hydrogen-bond donors (Lipinski definition) is 0. The third kappa shape index (κ3) is 5.10. The highest BCUT2D eigenvalue weighted by Gasteiger charge is 2.37. The topological polar surface area (TPSA) is 25.8 Å². The first-order valence-electron chi connectivity index (χ1n) is 18.3. The third-order valence-electron chi connectivity index (χ3n) is 11.1. The lowest BCUT2D eigenvalue weighted by Crippen LogP contribution is -2.15. The Labute approximate surface area is 310 Å². The Morgan fingerprint density at radius 3 is 1.66 bits per heavy atom. The van der Waals surface area contributed by atoms with E-state index >= 15 is 0 Å². The fourth-order valence-electron chi connectivity index (χ4n) is 8.56. The lowest BCUT2D eigenvalue weighted by atomic mass is 9.79. The first-order valence-corrected chi connectivity index (χ1v) is 18.3. The van der Waals surface area contributed by atoms with Gasteiger partial charge in [0.2, 0.25) is 0 Å². The van der Waals surface area contributed by atoms with Gasteiger partial charge in [0.1, 0.15) is 0 Å². The molecule has 2 heteroatoms. The number of nitrogens with zero attached hydrogens (tertiary/aromatic N) is 2. The van der Waals surface area contributed by atoms with Crippen LogP contribution in [0.2, 0.25) is 0 Å². The van der Waals surface area contributed by atoms with Crippen LogP contribution in [0.5, 0.6) is 0 Å². The van der Waals surface area contributed by atoms with Crippen molar-refractivity contribution in [1.29, 1.82) is 0 Å². The molecule has 0 unspecified atom stereocenters. The lowest BCUT2D eigenvalue weighted by Gasteiger charge is -2.24. The van der Waals surface area contributed by atoms with E-state index in [4.69, 9.17) is 9.97 Å². The third-order valence-corrected chi connectivity index (χ3v) is 11.1. The summed E-state index contributed by atoms with van der Waals surface area (Å²) >= 11 is 0. The minimum absolute atomic E-state index is 0.126. The Morgan fingerprint density at radius 1 is 0.358 bits per heavy atom. The molecule has 0 N–H and O–H groups in total. The molecular formula is C51H36N2. The summed E-state index contributed by atoms with van der Waals surface area (Å²) in [4.78, 5) is 10.5. The quantitative estimate of drug-likeness (QED) is 0.181. The van der Waals surface area contributed by atoms with Crippen molar-refractivity contribution in [3.8, 4) is 67.3 Å². The van der Waals surface area contributed by atoms with E-state index in [0.29, 0.717) is 5.82 Å². The van der Waals surface area contributed by atoms with E-state index in [1.165, 1.54) is 54.9 Å². The van der Waals surface area contributed by atoms with E-state index in [-0.39, 0.29) is 5.41 Å². The molecule has 1 aromatic heterocycles. The maximum Gasteiger partial charge on any atom is 0.160 e. The van der Waals surface area contributed by atoms with Crippen LogP contribution in [0.1, 0.15) is 25.0 Å². The van der Waals surface area contributed by atoms with Gasteiger partial charge in [-0.3, -0.25) is 0 Å². The van der Waals surface area contributed by atoms with E-state index < -0.39 is 0 Å². The van der Waals surface area contributed by atoms with Gasteiger partial charge in [0, 0.05) is 22.1 Å². The molecule has 0 fully saturated rings. The minimum Gasteiger partial charge on any atom is -0.228 e. The van der Waals surface area contributed by atoms with Crippen molar-refractivity contribution in [1.82, 2.24) is 9.97 Å². The summed E-state index contributed by atoms with van der Waals surface area (Å²) in [5, 5.41) is 5.00. The molecule has 0 saturated carbocycles. The van der Waals surface area contributed by atoms with Gasteiger partial charge >= 0.3 is 0 Å². The van der Waals surface area contributed by atoms with Crippen LogP contribution in [0, 0.1) is 0 Å². The van der Waals surface area contributed by atoms with Crippen LogP contribution in [0.15, 0.2) is 182 Å². The van der Waals surface area contributed by atoms with Crippen LogP contribution in [0.4, 0.5) is 0 Å². The van der Waals surface area contributed by atoms with E-state index in [9.17, 15) is 0 Å². The van der Waals surface area contributed by atoms with Gasteiger partial charge in [-0.1, -0.05) is 184 Å². The van der Waals surface area contributed by atoms with Crippen molar-refractivity contribution in [2.24, 2.45) is 0 Å². The van der Waals surface area contributed by atoms with E-state index in [2.05, 4.69) is 178 Å². The lowest BCUT2D eigenvalue weighted by molar-refractivity contribution is 0.666. The number of fused-ring (bicyclic) bond motifs is 6. The summed E-state index contributed by atoms with van der Waals surface area (Å²) in [6.45, 7) is 4.75. The van der Waals surface area contributed by atoms with Gasteiger partial charge in [0.25, 0.3) is 0 Å². The molecule has 250 valence electrons. The van der Waals surface area contributed by atoms with Gasteiger partial charge in [-0.15, -0.1) is 0 Å². The summed E-state index contributed by atoms with van der Waals surface area (Å²) in [6, 6.07) is 65.3. The Morgan fingerprint density at radius 2 is 0.906 bits per heavy atom. The van der Waals surface area contributed by atoms with E-state index in [1.54, 1.807) is 0 Å². The monoisotopic (exact) mass is 676 g/mol. The molecular weight excluding hydrogens is 641 g/mol. The molecule has 10 rings (SSSR count). The number of rotatable bonds is 5. The molecule has 1 aliphatic carbocycles. The average Bonchev–Trinajstić information content (AvgIpc) is 3.46. The zero-order valence-electron chi connectivity index (χ0n) is 29.7. The minimum atomic E-state index is -0.126. The largest absolute Gasteiger partial charge is 0.228 e. The van der Waals surface area contributed by atoms with Gasteiger partial charge in [-0.2, -0.15) is 0 Å². The molecule has 2 nitrogen and oxygen atoms in total. The number of hydrogen-bond acceptors (Lipinski definition) is 2. The zero-order chi connectivity index (χ0) is 35.5. The number of aromatic nitrogens is 2.